The van der Waals surface area contributed by atoms with Gasteiger partial charge in [-0.1, -0.05) is 0 Å². The lowest BCUT2D eigenvalue weighted by atomic mass is 10.1. The zero-order valence-electron chi connectivity index (χ0n) is 8.98. The van der Waals surface area contributed by atoms with Crippen molar-refractivity contribution in [3.05, 3.63) is 23.0 Å². The number of hydrogen-bond donors (Lipinski definition) is 0. The lowest BCUT2D eigenvalue weighted by molar-refractivity contribution is -0.274. The molecule has 0 radical (unpaired) electrons. The molecule has 0 saturated heterocycles. The van der Waals surface area contributed by atoms with Gasteiger partial charge < -0.3 is 4.74 Å². The van der Waals surface area contributed by atoms with Crippen molar-refractivity contribution in [2.24, 2.45) is 0 Å². The van der Waals surface area contributed by atoms with Gasteiger partial charge in [0.2, 0.25) is 0 Å². The Hall–Kier alpha value is -2.12. The summed E-state index contributed by atoms with van der Waals surface area (Å²) in [6.07, 6.45) is -14.7. The van der Waals surface area contributed by atoms with Gasteiger partial charge in [0.1, 0.15) is 11.6 Å². The van der Waals surface area contributed by atoms with Gasteiger partial charge in [-0.25, -0.2) is 13.8 Å². The highest BCUT2D eigenvalue weighted by Crippen LogP contribution is 2.40. The van der Waals surface area contributed by atoms with Crippen LogP contribution in [0.5, 0.6) is 5.75 Å². The molecule has 0 aliphatic carbocycles. The number of alkyl halides is 8. The van der Waals surface area contributed by atoms with Gasteiger partial charge in [-0.2, -0.15) is 18.4 Å². The Morgan fingerprint density at radius 2 is 1.70 bits per heavy atom. The van der Waals surface area contributed by atoms with E-state index in [9.17, 15) is 35.1 Å². The van der Waals surface area contributed by atoms with Crippen LogP contribution in [0.1, 0.15) is 23.2 Å². The van der Waals surface area contributed by atoms with Crippen molar-refractivity contribution in [1.29, 1.82) is 5.26 Å². The molecule has 0 aliphatic heterocycles. The number of halogens is 8. The maximum absolute atomic E-state index is 12.6. The van der Waals surface area contributed by atoms with E-state index < -0.39 is 41.5 Å². The highest BCUT2D eigenvalue weighted by molar-refractivity contribution is 5.50. The lowest BCUT2D eigenvalue weighted by Gasteiger charge is -2.16. The van der Waals surface area contributed by atoms with Crippen molar-refractivity contribution in [2.45, 2.75) is 19.0 Å². The molecule has 1 aromatic rings. The van der Waals surface area contributed by atoms with Crippen molar-refractivity contribution < 1.29 is 39.9 Å². The summed E-state index contributed by atoms with van der Waals surface area (Å²) in [5.74, 6) is -1.52. The van der Waals surface area contributed by atoms with E-state index in [0.717, 1.165) is 6.07 Å². The van der Waals surface area contributed by atoms with E-state index >= 15 is 0 Å². The van der Waals surface area contributed by atoms with Gasteiger partial charge in [0.25, 0.3) is 6.43 Å². The second kappa shape index (κ2) is 5.10. The van der Waals surface area contributed by atoms with Crippen molar-refractivity contribution in [3.8, 4) is 11.8 Å². The van der Waals surface area contributed by atoms with Crippen LogP contribution in [0.15, 0.2) is 6.20 Å². The second-order valence-corrected chi connectivity index (χ2v) is 3.22. The van der Waals surface area contributed by atoms with E-state index in [1.54, 1.807) is 0 Å². The fourth-order valence-corrected chi connectivity index (χ4v) is 1.26. The fourth-order valence-electron chi connectivity index (χ4n) is 1.26. The normalized spacial score (nSPS) is 12.4. The van der Waals surface area contributed by atoms with Gasteiger partial charge >= 0.3 is 12.5 Å². The summed E-state index contributed by atoms with van der Waals surface area (Å²) in [6.45, 7) is 0. The maximum atomic E-state index is 12.6. The van der Waals surface area contributed by atoms with E-state index in [1.807, 2.05) is 0 Å². The minimum atomic E-state index is -5.37. The highest BCUT2D eigenvalue weighted by atomic mass is 19.4. The van der Waals surface area contributed by atoms with Crippen molar-refractivity contribution >= 4 is 0 Å². The molecule has 1 rings (SSSR count). The Morgan fingerprint density at radius 1 is 1.15 bits per heavy atom. The molecule has 0 amide bonds. The van der Waals surface area contributed by atoms with Crippen molar-refractivity contribution in [1.82, 2.24) is 4.98 Å². The summed E-state index contributed by atoms with van der Waals surface area (Å²) >= 11 is 0. The quantitative estimate of drug-likeness (QED) is 0.781. The second-order valence-electron chi connectivity index (χ2n) is 3.22. The maximum Gasteiger partial charge on any atom is 0.573 e. The van der Waals surface area contributed by atoms with E-state index in [-0.39, 0.29) is 6.20 Å². The first-order chi connectivity index (χ1) is 8.97. The van der Waals surface area contributed by atoms with Gasteiger partial charge in [0.15, 0.2) is 11.4 Å². The minimum absolute atomic E-state index is 0.0826. The number of ether oxygens (including phenoxy) is 1. The smallest absolute Gasteiger partial charge is 0.403 e. The van der Waals surface area contributed by atoms with Crippen LogP contribution in [0.25, 0.3) is 0 Å². The SMILES string of the molecule is N#Cc1c(OC(F)(F)F)cnc(C(F)(F)F)c1C(F)F. The standard InChI is InChI=1S/C9H2F8N2O/c10-7(11)5-3(1-18)4(20-9(15,16)17)2-19-6(5)8(12,13)14/h2,7H. The molecule has 0 spiro atoms. The lowest BCUT2D eigenvalue weighted by Crippen LogP contribution is -2.20. The van der Waals surface area contributed by atoms with Gasteiger partial charge in [0.05, 0.1) is 11.8 Å². The van der Waals surface area contributed by atoms with Crippen molar-refractivity contribution in [2.75, 3.05) is 0 Å². The molecule has 1 heterocycles. The Bertz CT molecular complexity index is 543. The van der Waals surface area contributed by atoms with Crippen LogP contribution in [-0.2, 0) is 6.18 Å². The molecular formula is C9H2F8N2O. The first-order valence-electron chi connectivity index (χ1n) is 4.51. The molecule has 0 fully saturated rings. The molecule has 1 aromatic heterocycles. The molecule has 0 saturated carbocycles. The number of nitriles is 1. The average molecular weight is 306 g/mol. The number of aromatic nitrogens is 1. The molecule has 0 bridgehead atoms. The average Bonchev–Trinajstić information content (AvgIpc) is 2.24. The number of pyridine rings is 1. The van der Waals surface area contributed by atoms with Crippen LogP contribution >= 0.6 is 0 Å². The van der Waals surface area contributed by atoms with Crippen LogP contribution in [0.3, 0.4) is 0 Å². The first kappa shape index (κ1) is 15.9. The number of nitrogens with zero attached hydrogens (tertiary/aromatic N) is 2. The summed E-state index contributed by atoms with van der Waals surface area (Å²) in [5, 5.41) is 8.51. The predicted octanol–water partition coefficient (Wildman–Crippen LogP) is 3.81. The molecule has 0 aliphatic rings. The third-order valence-electron chi connectivity index (χ3n) is 1.91. The van der Waals surface area contributed by atoms with Crippen LogP contribution in [0.2, 0.25) is 0 Å². The third kappa shape index (κ3) is 3.46. The molecule has 20 heavy (non-hydrogen) atoms. The Balaban J connectivity index is 3.56. The third-order valence-corrected chi connectivity index (χ3v) is 1.91. The molecule has 3 nitrogen and oxygen atoms in total. The summed E-state index contributed by atoms with van der Waals surface area (Å²) < 4.78 is 102. The Morgan fingerprint density at radius 3 is 2.05 bits per heavy atom. The van der Waals surface area contributed by atoms with Gasteiger partial charge in [0, 0.05) is 0 Å². The van der Waals surface area contributed by atoms with Gasteiger partial charge in [-0.3, -0.25) is 0 Å². The number of rotatable bonds is 2. The van der Waals surface area contributed by atoms with Crippen molar-refractivity contribution in [3.63, 3.8) is 0 Å². The van der Waals surface area contributed by atoms with Crippen LogP contribution in [0.4, 0.5) is 35.1 Å². The number of hydrogen-bond acceptors (Lipinski definition) is 3. The van der Waals surface area contributed by atoms with Crippen LogP contribution in [-0.4, -0.2) is 11.3 Å². The zero-order chi connectivity index (χ0) is 15.7. The fraction of sp³-hybridized carbons (Fsp3) is 0.333. The van der Waals surface area contributed by atoms with E-state index in [2.05, 4.69) is 9.72 Å². The predicted molar refractivity (Wildman–Crippen MR) is 45.6 cm³/mol. The minimum Gasteiger partial charge on any atom is -0.403 e. The van der Waals surface area contributed by atoms with Crippen LogP contribution in [0, 0.1) is 11.3 Å². The molecule has 0 N–H and O–H groups in total. The molecule has 11 heteroatoms. The molecule has 0 atom stereocenters. The Kier molecular flexibility index (Phi) is 4.07. The van der Waals surface area contributed by atoms with E-state index in [0.29, 0.717) is 0 Å². The largest absolute Gasteiger partial charge is 0.573 e. The monoisotopic (exact) mass is 306 g/mol. The molecular weight excluding hydrogens is 304 g/mol. The summed E-state index contributed by atoms with van der Waals surface area (Å²) in [6, 6.07) is 0.836. The molecule has 110 valence electrons. The summed E-state index contributed by atoms with van der Waals surface area (Å²) in [5.41, 5.74) is -5.67. The van der Waals surface area contributed by atoms with E-state index in [4.69, 9.17) is 5.26 Å². The molecule has 0 aromatic carbocycles. The van der Waals surface area contributed by atoms with Gasteiger partial charge in [-0.15, -0.1) is 13.2 Å². The Labute approximate surface area is 105 Å². The molecule has 0 unspecified atom stereocenters. The zero-order valence-corrected chi connectivity index (χ0v) is 8.98. The highest BCUT2D eigenvalue weighted by Gasteiger charge is 2.41. The van der Waals surface area contributed by atoms with Crippen LogP contribution < -0.4 is 4.74 Å². The summed E-state index contributed by atoms with van der Waals surface area (Å²) in [7, 11) is 0. The van der Waals surface area contributed by atoms with E-state index in [1.165, 1.54) is 0 Å². The first-order valence-corrected chi connectivity index (χ1v) is 4.51. The topological polar surface area (TPSA) is 45.9 Å². The summed E-state index contributed by atoms with van der Waals surface area (Å²) in [4.78, 5) is 2.48. The van der Waals surface area contributed by atoms with Gasteiger partial charge in [-0.05, 0) is 0 Å².